The summed E-state index contributed by atoms with van der Waals surface area (Å²) in [5, 5.41) is 0.599. The number of nitrogens with two attached hydrogens (primary N) is 1. The lowest BCUT2D eigenvalue weighted by Crippen LogP contribution is -2.18. The average molecular weight is 249 g/mol. The van der Waals surface area contributed by atoms with Crippen molar-refractivity contribution in [2.24, 2.45) is 5.73 Å². The van der Waals surface area contributed by atoms with Crippen LogP contribution in [0.3, 0.4) is 0 Å². The van der Waals surface area contributed by atoms with Crippen LogP contribution in [0.2, 0.25) is 5.02 Å². The summed E-state index contributed by atoms with van der Waals surface area (Å²) in [6.45, 7) is 1.95. The molecule has 0 aliphatic heterocycles. The van der Waals surface area contributed by atoms with E-state index in [0.717, 1.165) is 12.0 Å². The maximum Gasteiger partial charge on any atom is 0.178 e. The van der Waals surface area contributed by atoms with E-state index in [4.69, 9.17) is 17.3 Å². The van der Waals surface area contributed by atoms with E-state index < -0.39 is 0 Å². The van der Waals surface area contributed by atoms with Gasteiger partial charge in [0, 0.05) is 24.6 Å². The Balaban J connectivity index is 2.20. The molecule has 88 valence electrons. The Morgan fingerprint density at radius 2 is 1.88 bits per heavy atom. The molecule has 0 aliphatic rings. The molecule has 0 radical (unpaired) electrons. The van der Waals surface area contributed by atoms with E-state index in [-0.39, 0.29) is 6.04 Å². The predicted molar refractivity (Wildman–Crippen MR) is 67.6 cm³/mol. The molecule has 0 saturated heterocycles. The highest BCUT2D eigenvalue weighted by molar-refractivity contribution is 6.30. The van der Waals surface area contributed by atoms with Gasteiger partial charge >= 0.3 is 0 Å². The first-order valence-electron chi connectivity index (χ1n) is 5.33. The second kappa shape index (κ2) is 5.21. The van der Waals surface area contributed by atoms with Crippen LogP contribution in [0.1, 0.15) is 12.5 Å². The van der Waals surface area contributed by atoms with Crippen LogP contribution < -0.4 is 5.73 Å². The van der Waals surface area contributed by atoms with Crippen molar-refractivity contribution in [3.8, 4) is 11.5 Å². The van der Waals surface area contributed by atoms with Crippen molar-refractivity contribution >= 4 is 11.6 Å². The Morgan fingerprint density at radius 1 is 1.18 bits per heavy atom. The summed E-state index contributed by atoms with van der Waals surface area (Å²) < 4.78 is 0. The molecule has 0 saturated carbocycles. The SMILES string of the molecule is CC(N)Cc1cnc(-c2ccc(Cl)cn2)nc1. The molecule has 2 heterocycles. The number of nitrogens with zero attached hydrogens (tertiary/aromatic N) is 3. The minimum Gasteiger partial charge on any atom is -0.328 e. The first kappa shape index (κ1) is 12.0. The molecule has 0 fully saturated rings. The van der Waals surface area contributed by atoms with Crippen LogP contribution >= 0.6 is 11.6 Å². The van der Waals surface area contributed by atoms with E-state index in [2.05, 4.69) is 15.0 Å². The molecular weight excluding hydrogens is 236 g/mol. The highest BCUT2D eigenvalue weighted by Crippen LogP contribution is 2.14. The highest BCUT2D eigenvalue weighted by Gasteiger charge is 2.04. The lowest BCUT2D eigenvalue weighted by molar-refractivity contribution is 0.732. The molecular formula is C12H13ClN4. The monoisotopic (exact) mass is 248 g/mol. The van der Waals surface area contributed by atoms with Crippen molar-refractivity contribution in [1.82, 2.24) is 15.0 Å². The molecule has 5 heteroatoms. The fraction of sp³-hybridized carbons (Fsp3) is 0.250. The third-order valence-corrected chi connectivity index (χ3v) is 2.44. The quantitative estimate of drug-likeness (QED) is 0.903. The minimum absolute atomic E-state index is 0.109. The normalized spacial score (nSPS) is 12.4. The Morgan fingerprint density at radius 3 is 2.41 bits per heavy atom. The molecule has 0 bridgehead atoms. The third kappa shape index (κ3) is 3.22. The van der Waals surface area contributed by atoms with Crippen molar-refractivity contribution < 1.29 is 0 Å². The van der Waals surface area contributed by atoms with Crippen LogP contribution in [-0.4, -0.2) is 21.0 Å². The lowest BCUT2D eigenvalue weighted by Gasteiger charge is -2.04. The number of hydrogen-bond donors (Lipinski definition) is 1. The van der Waals surface area contributed by atoms with Crippen LogP contribution in [-0.2, 0) is 6.42 Å². The zero-order valence-corrected chi connectivity index (χ0v) is 10.2. The largest absolute Gasteiger partial charge is 0.328 e. The molecule has 1 unspecified atom stereocenters. The molecule has 2 N–H and O–H groups in total. The van der Waals surface area contributed by atoms with Gasteiger partial charge in [-0.05, 0) is 31.0 Å². The maximum absolute atomic E-state index is 5.76. The number of pyridine rings is 1. The first-order valence-corrected chi connectivity index (χ1v) is 5.71. The fourth-order valence-electron chi connectivity index (χ4n) is 1.47. The van der Waals surface area contributed by atoms with E-state index in [1.54, 1.807) is 30.7 Å². The lowest BCUT2D eigenvalue weighted by atomic mass is 10.1. The van der Waals surface area contributed by atoms with E-state index in [1.807, 2.05) is 6.92 Å². The number of aromatic nitrogens is 3. The first-order chi connectivity index (χ1) is 8.15. The standard InChI is InChI=1S/C12H13ClN4/c1-8(14)4-9-5-16-12(17-6-9)11-3-2-10(13)7-15-11/h2-3,5-8H,4,14H2,1H3. The van der Waals surface area contributed by atoms with Crippen molar-refractivity contribution in [1.29, 1.82) is 0 Å². The van der Waals surface area contributed by atoms with E-state index >= 15 is 0 Å². The van der Waals surface area contributed by atoms with Gasteiger partial charge in [0.15, 0.2) is 5.82 Å². The smallest absolute Gasteiger partial charge is 0.178 e. The van der Waals surface area contributed by atoms with Gasteiger partial charge in [0.05, 0.1) is 5.02 Å². The summed E-state index contributed by atoms with van der Waals surface area (Å²) in [5.74, 6) is 0.593. The molecule has 0 aromatic carbocycles. The van der Waals surface area contributed by atoms with Gasteiger partial charge in [-0.15, -0.1) is 0 Å². The van der Waals surface area contributed by atoms with Gasteiger partial charge in [0.2, 0.25) is 0 Å². The van der Waals surface area contributed by atoms with Crippen LogP contribution in [0.15, 0.2) is 30.7 Å². The maximum atomic E-state index is 5.76. The highest BCUT2D eigenvalue weighted by atomic mass is 35.5. The van der Waals surface area contributed by atoms with E-state index in [9.17, 15) is 0 Å². The van der Waals surface area contributed by atoms with Gasteiger partial charge in [0.1, 0.15) is 5.69 Å². The molecule has 0 spiro atoms. The van der Waals surface area contributed by atoms with Crippen molar-refractivity contribution in [2.75, 3.05) is 0 Å². The molecule has 0 aliphatic carbocycles. The Labute approximate surface area is 105 Å². The number of rotatable bonds is 3. The van der Waals surface area contributed by atoms with Gasteiger partial charge in [-0.2, -0.15) is 0 Å². The Kier molecular flexibility index (Phi) is 3.66. The molecule has 1 atom stereocenters. The molecule has 2 aromatic rings. The fourth-order valence-corrected chi connectivity index (χ4v) is 1.58. The van der Waals surface area contributed by atoms with Gasteiger partial charge in [-0.25, -0.2) is 9.97 Å². The van der Waals surface area contributed by atoms with E-state index in [1.165, 1.54) is 0 Å². The van der Waals surface area contributed by atoms with Gasteiger partial charge in [-0.3, -0.25) is 4.98 Å². The van der Waals surface area contributed by atoms with Crippen LogP contribution in [0.5, 0.6) is 0 Å². The second-order valence-electron chi connectivity index (χ2n) is 3.96. The summed E-state index contributed by atoms with van der Waals surface area (Å²) in [6.07, 6.45) is 5.91. The number of hydrogen-bond acceptors (Lipinski definition) is 4. The Hall–Kier alpha value is -1.52. The zero-order valence-electron chi connectivity index (χ0n) is 9.47. The molecule has 2 aromatic heterocycles. The number of halogens is 1. The minimum atomic E-state index is 0.109. The summed E-state index contributed by atoms with van der Waals surface area (Å²) in [6, 6.07) is 3.67. The average Bonchev–Trinajstić information content (AvgIpc) is 2.30. The third-order valence-electron chi connectivity index (χ3n) is 2.22. The van der Waals surface area contributed by atoms with Crippen LogP contribution in [0.25, 0.3) is 11.5 Å². The second-order valence-corrected chi connectivity index (χ2v) is 4.39. The van der Waals surface area contributed by atoms with Crippen LogP contribution in [0.4, 0.5) is 0 Å². The molecule has 17 heavy (non-hydrogen) atoms. The summed E-state index contributed by atoms with van der Waals surface area (Å²) in [5.41, 5.74) is 7.44. The summed E-state index contributed by atoms with van der Waals surface area (Å²) in [4.78, 5) is 12.7. The van der Waals surface area contributed by atoms with Crippen molar-refractivity contribution in [3.05, 3.63) is 41.3 Å². The summed E-state index contributed by atoms with van der Waals surface area (Å²) in [7, 11) is 0. The van der Waals surface area contributed by atoms with Gasteiger partial charge in [-0.1, -0.05) is 11.6 Å². The Bertz CT molecular complexity index is 479. The molecule has 2 rings (SSSR count). The topological polar surface area (TPSA) is 64.7 Å². The zero-order chi connectivity index (χ0) is 12.3. The summed E-state index contributed by atoms with van der Waals surface area (Å²) >= 11 is 5.76. The predicted octanol–water partition coefficient (Wildman–Crippen LogP) is 2.08. The van der Waals surface area contributed by atoms with Crippen molar-refractivity contribution in [3.63, 3.8) is 0 Å². The van der Waals surface area contributed by atoms with E-state index in [0.29, 0.717) is 16.5 Å². The van der Waals surface area contributed by atoms with Gasteiger partial charge in [0.25, 0.3) is 0 Å². The molecule has 4 nitrogen and oxygen atoms in total. The molecule has 0 amide bonds. The van der Waals surface area contributed by atoms with Crippen LogP contribution in [0, 0.1) is 0 Å². The van der Waals surface area contributed by atoms with Gasteiger partial charge < -0.3 is 5.73 Å². The van der Waals surface area contributed by atoms with Crippen molar-refractivity contribution in [2.45, 2.75) is 19.4 Å².